The smallest absolute Gasteiger partial charge is 0.323 e. The number of ether oxygens (including phenoxy) is 1. The first-order valence-corrected chi connectivity index (χ1v) is 15.1. The summed E-state index contributed by atoms with van der Waals surface area (Å²) < 4.78 is 5.32. The lowest BCUT2D eigenvalue weighted by molar-refractivity contribution is -0.144. The van der Waals surface area contributed by atoms with Crippen molar-refractivity contribution in [2.75, 3.05) is 75.0 Å². The number of carbonyl (C=O) groups is 5. The van der Waals surface area contributed by atoms with E-state index in [2.05, 4.69) is 16.0 Å². The first-order valence-electron chi connectivity index (χ1n) is 15.1. The van der Waals surface area contributed by atoms with Gasteiger partial charge >= 0.3 is 12.0 Å². The van der Waals surface area contributed by atoms with Crippen LogP contribution in [0, 0.1) is 12.8 Å². The molecule has 0 radical (unpaired) electrons. The van der Waals surface area contributed by atoms with Crippen LogP contribution in [0.3, 0.4) is 0 Å². The van der Waals surface area contributed by atoms with Crippen molar-refractivity contribution in [3.05, 3.63) is 54.1 Å². The Bertz CT molecular complexity index is 1310. The maximum atomic E-state index is 13.4. The second-order valence-electron chi connectivity index (χ2n) is 11.4. The third-order valence-corrected chi connectivity index (χ3v) is 7.22. The van der Waals surface area contributed by atoms with Gasteiger partial charge in [-0.1, -0.05) is 32.0 Å². The number of aliphatic carboxylic acids is 1. The molecule has 0 bridgehead atoms. The van der Waals surface area contributed by atoms with E-state index in [1.54, 1.807) is 30.3 Å². The molecule has 244 valence electrons. The summed E-state index contributed by atoms with van der Waals surface area (Å²) in [5.41, 5.74) is 2.63. The Morgan fingerprint density at radius 1 is 0.844 bits per heavy atom. The fourth-order valence-corrected chi connectivity index (χ4v) is 4.55. The van der Waals surface area contributed by atoms with E-state index in [-0.39, 0.29) is 44.4 Å². The number of urea groups is 1. The first kappa shape index (κ1) is 35.0. The molecule has 1 aliphatic heterocycles. The predicted octanol–water partition coefficient (Wildman–Crippen LogP) is 3.09. The van der Waals surface area contributed by atoms with Crippen LogP contribution in [0.4, 0.5) is 21.9 Å². The van der Waals surface area contributed by atoms with Crippen LogP contribution in [0.5, 0.6) is 0 Å². The molecule has 0 unspecified atom stereocenters. The Labute approximate surface area is 263 Å². The lowest BCUT2D eigenvalue weighted by Gasteiger charge is -2.31. The average molecular weight is 625 g/mol. The number of amides is 5. The van der Waals surface area contributed by atoms with Crippen LogP contribution in [0.15, 0.2) is 48.5 Å². The van der Waals surface area contributed by atoms with Gasteiger partial charge < -0.3 is 35.6 Å². The van der Waals surface area contributed by atoms with Gasteiger partial charge in [0.1, 0.15) is 0 Å². The molecule has 13 heteroatoms. The van der Waals surface area contributed by atoms with Gasteiger partial charge in [0.2, 0.25) is 17.7 Å². The van der Waals surface area contributed by atoms with E-state index < -0.39 is 23.8 Å². The van der Waals surface area contributed by atoms with E-state index in [1.165, 1.54) is 9.80 Å². The number of aryl methyl sites for hydroxylation is 1. The summed E-state index contributed by atoms with van der Waals surface area (Å²) in [5, 5.41) is 17.5. The molecular formula is C32H44N6O7. The van der Waals surface area contributed by atoms with Crippen LogP contribution in [0.25, 0.3) is 0 Å². The minimum Gasteiger partial charge on any atom is -0.481 e. The number of hydrogen-bond donors (Lipinski definition) is 4. The highest BCUT2D eigenvalue weighted by Crippen LogP contribution is 2.17. The van der Waals surface area contributed by atoms with Crippen molar-refractivity contribution in [3.63, 3.8) is 0 Å². The minimum atomic E-state index is -1.07. The molecule has 2 aromatic carbocycles. The monoisotopic (exact) mass is 624 g/mol. The van der Waals surface area contributed by atoms with Crippen molar-refractivity contribution < 1.29 is 33.8 Å². The maximum Gasteiger partial charge on any atom is 0.323 e. The number of para-hydroxylation sites is 1. The number of benzene rings is 2. The molecule has 1 aliphatic rings. The molecule has 2 aromatic rings. The second kappa shape index (κ2) is 17.7. The molecule has 1 saturated heterocycles. The molecule has 0 aliphatic carbocycles. The molecule has 1 fully saturated rings. The lowest BCUT2D eigenvalue weighted by Crippen LogP contribution is -2.50. The van der Waals surface area contributed by atoms with E-state index in [0.717, 1.165) is 5.56 Å². The number of carbonyl (C=O) groups excluding carboxylic acids is 4. The molecule has 1 heterocycles. The van der Waals surface area contributed by atoms with E-state index >= 15 is 0 Å². The van der Waals surface area contributed by atoms with Gasteiger partial charge in [-0.15, -0.1) is 0 Å². The topological polar surface area (TPSA) is 161 Å². The zero-order valence-electron chi connectivity index (χ0n) is 26.2. The quantitative estimate of drug-likeness (QED) is 0.235. The number of anilines is 3. The van der Waals surface area contributed by atoms with E-state index in [4.69, 9.17) is 4.74 Å². The van der Waals surface area contributed by atoms with Gasteiger partial charge in [0, 0.05) is 43.2 Å². The zero-order valence-corrected chi connectivity index (χ0v) is 26.2. The van der Waals surface area contributed by atoms with Crippen LogP contribution in [-0.4, -0.2) is 109 Å². The summed E-state index contributed by atoms with van der Waals surface area (Å²) in [4.78, 5) is 67.7. The molecule has 5 amide bonds. The molecule has 0 spiro atoms. The highest BCUT2D eigenvalue weighted by molar-refractivity contribution is 6.00. The molecule has 4 N–H and O–H groups in total. The molecule has 3 rings (SSSR count). The fourth-order valence-electron chi connectivity index (χ4n) is 4.55. The Hall–Kier alpha value is -4.49. The Kier molecular flexibility index (Phi) is 13.8. The van der Waals surface area contributed by atoms with Crippen molar-refractivity contribution in [2.45, 2.75) is 33.6 Å². The van der Waals surface area contributed by atoms with Gasteiger partial charge in [0.25, 0.3) is 0 Å². The highest BCUT2D eigenvalue weighted by atomic mass is 16.5. The van der Waals surface area contributed by atoms with Crippen LogP contribution in [0.1, 0.15) is 32.3 Å². The standard InChI is InChI=1S/C32H44N6O7/c1-23(2)12-14-37(30(41)22-38(15-13-31(42)43)29(40)21-36-16-18-45-19-17-36)20-28(39)33-25-8-10-26(11-9-25)34-32(44)35-27-7-5-4-6-24(27)3/h4-11,23H,12-22H2,1-3H3,(H,33,39)(H,42,43)(H2,34,35,44). The molecular weight excluding hydrogens is 580 g/mol. The summed E-state index contributed by atoms with van der Waals surface area (Å²) in [7, 11) is 0. The highest BCUT2D eigenvalue weighted by Gasteiger charge is 2.25. The number of nitrogens with zero attached hydrogens (tertiary/aromatic N) is 3. The summed E-state index contributed by atoms with van der Waals surface area (Å²) in [6.45, 7) is 7.73. The average Bonchev–Trinajstić information content (AvgIpc) is 2.99. The van der Waals surface area contributed by atoms with E-state index in [0.29, 0.717) is 56.3 Å². The summed E-state index contributed by atoms with van der Waals surface area (Å²) in [6.07, 6.45) is 0.341. The Morgan fingerprint density at radius 2 is 1.47 bits per heavy atom. The van der Waals surface area contributed by atoms with Crippen molar-refractivity contribution >= 4 is 46.8 Å². The Morgan fingerprint density at radius 3 is 2.09 bits per heavy atom. The fraction of sp³-hybridized carbons (Fsp3) is 0.469. The van der Waals surface area contributed by atoms with Crippen LogP contribution in [0.2, 0.25) is 0 Å². The zero-order chi connectivity index (χ0) is 32.8. The summed E-state index contributed by atoms with van der Waals surface area (Å²) in [5.74, 6) is -2.03. The van der Waals surface area contributed by atoms with E-state index in [9.17, 15) is 29.1 Å². The maximum absolute atomic E-state index is 13.4. The van der Waals surface area contributed by atoms with Crippen LogP contribution in [-0.2, 0) is 23.9 Å². The van der Waals surface area contributed by atoms with Crippen molar-refractivity contribution in [1.82, 2.24) is 14.7 Å². The number of morpholine rings is 1. The normalized spacial score (nSPS) is 13.2. The number of carboxylic acid groups (broad SMARTS) is 1. The lowest BCUT2D eigenvalue weighted by atomic mass is 10.1. The number of rotatable bonds is 15. The summed E-state index contributed by atoms with van der Waals surface area (Å²) in [6, 6.07) is 13.6. The molecule has 45 heavy (non-hydrogen) atoms. The third kappa shape index (κ3) is 12.6. The minimum absolute atomic E-state index is 0.0567. The largest absolute Gasteiger partial charge is 0.481 e. The first-order chi connectivity index (χ1) is 21.5. The van der Waals surface area contributed by atoms with Gasteiger partial charge in [-0.05, 0) is 55.2 Å². The van der Waals surface area contributed by atoms with Gasteiger partial charge in [-0.25, -0.2) is 4.79 Å². The number of hydrogen-bond acceptors (Lipinski definition) is 7. The Balaban J connectivity index is 1.59. The summed E-state index contributed by atoms with van der Waals surface area (Å²) >= 11 is 0. The number of nitrogens with one attached hydrogen (secondary N) is 3. The molecule has 0 saturated carbocycles. The van der Waals surface area contributed by atoms with Gasteiger partial charge in [0.15, 0.2) is 0 Å². The van der Waals surface area contributed by atoms with E-state index in [1.807, 2.05) is 43.9 Å². The predicted molar refractivity (Wildman–Crippen MR) is 171 cm³/mol. The molecule has 0 atom stereocenters. The van der Waals surface area contributed by atoms with Gasteiger partial charge in [0.05, 0.1) is 39.3 Å². The second-order valence-corrected chi connectivity index (χ2v) is 11.4. The SMILES string of the molecule is Cc1ccccc1NC(=O)Nc1ccc(NC(=O)CN(CCC(C)C)C(=O)CN(CCC(=O)O)C(=O)CN2CCOCC2)cc1. The van der Waals surface area contributed by atoms with Crippen LogP contribution >= 0.6 is 0 Å². The van der Waals surface area contributed by atoms with Crippen LogP contribution < -0.4 is 16.0 Å². The van der Waals surface area contributed by atoms with Crippen molar-refractivity contribution in [2.24, 2.45) is 5.92 Å². The third-order valence-electron chi connectivity index (χ3n) is 7.22. The van der Waals surface area contributed by atoms with Gasteiger partial charge in [-0.2, -0.15) is 0 Å². The van der Waals surface area contributed by atoms with Crippen molar-refractivity contribution in [1.29, 1.82) is 0 Å². The molecule has 13 nitrogen and oxygen atoms in total. The molecule has 0 aromatic heterocycles. The van der Waals surface area contributed by atoms with Crippen molar-refractivity contribution in [3.8, 4) is 0 Å². The van der Waals surface area contributed by atoms with Gasteiger partial charge in [-0.3, -0.25) is 24.1 Å². The number of carboxylic acids is 1.